The van der Waals surface area contributed by atoms with E-state index in [9.17, 15) is 8.78 Å². The number of benzene rings is 1. The molecule has 10 heteroatoms. The molecule has 5 heterocycles. The maximum absolute atomic E-state index is 13.3. The van der Waals surface area contributed by atoms with E-state index in [1.807, 2.05) is 25.1 Å². The number of ether oxygens (including phenoxy) is 1. The molecule has 0 atom stereocenters. The zero-order valence-electron chi connectivity index (χ0n) is 20.6. The molecule has 0 saturated carbocycles. The van der Waals surface area contributed by atoms with Crippen LogP contribution in [0.5, 0.6) is 5.75 Å². The van der Waals surface area contributed by atoms with Gasteiger partial charge in [0.05, 0.1) is 5.52 Å². The van der Waals surface area contributed by atoms with Crippen molar-refractivity contribution in [2.75, 3.05) is 0 Å². The molecule has 188 valence electrons. The van der Waals surface area contributed by atoms with Crippen molar-refractivity contribution in [1.82, 2.24) is 24.6 Å². The first kappa shape index (κ1) is 23.5. The summed E-state index contributed by atoms with van der Waals surface area (Å²) in [5.41, 5.74) is 3.97. The van der Waals surface area contributed by atoms with Crippen molar-refractivity contribution in [3.05, 3.63) is 70.9 Å². The number of furan rings is 1. The van der Waals surface area contributed by atoms with Gasteiger partial charge in [-0.2, -0.15) is 0 Å². The summed E-state index contributed by atoms with van der Waals surface area (Å²) in [6.07, 6.45) is -1.07. The van der Waals surface area contributed by atoms with E-state index in [-0.39, 0.29) is 12.3 Å². The molecular formula is C27H23F2N5O2S. The number of aromatic nitrogens is 5. The van der Waals surface area contributed by atoms with Gasteiger partial charge in [0.25, 0.3) is 6.43 Å². The Bertz CT molecular complexity index is 1790. The molecule has 0 aliphatic carbocycles. The maximum Gasteiger partial charge on any atom is 0.280 e. The van der Waals surface area contributed by atoms with Crippen molar-refractivity contribution in [3.8, 4) is 17.3 Å². The average Bonchev–Trinajstić information content (AvgIpc) is 3.58. The fourth-order valence-electron chi connectivity index (χ4n) is 4.42. The van der Waals surface area contributed by atoms with Crippen molar-refractivity contribution >= 4 is 37.4 Å². The molecule has 0 aliphatic heterocycles. The Morgan fingerprint density at radius 3 is 2.70 bits per heavy atom. The molecule has 0 N–H and O–H groups in total. The van der Waals surface area contributed by atoms with E-state index in [1.54, 1.807) is 17.8 Å². The molecule has 0 unspecified atom stereocenters. The van der Waals surface area contributed by atoms with Gasteiger partial charge in [-0.1, -0.05) is 26.0 Å². The molecular weight excluding hydrogens is 496 g/mol. The number of aryl methyl sites for hydroxylation is 2. The Morgan fingerprint density at radius 1 is 1.08 bits per heavy atom. The van der Waals surface area contributed by atoms with E-state index in [2.05, 4.69) is 46.0 Å². The lowest BCUT2D eigenvalue weighted by Gasteiger charge is -2.14. The maximum atomic E-state index is 13.3. The van der Waals surface area contributed by atoms with Crippen molar-refractivity contribution in [3.63, 3.8) is 0 Å². The minimum Gasteiger partial charge on any atom is -0.485 e. The molecule has 1 aromatic carbocycles. The summed E-state index contributed by atoms with van der Waals surface area (Å²) in [6.45, 7) is 8.37. The summed E-state index contributed by atoms with van der Waals surface area (Å²) in [6, 6.07) is 11.3. The summed E-state index contributed by atoms with van der Waals surface area (Å²) >= 11 is 1.28. The lowest BCUT2D eigenvalue weighted by Crippen LogP contribution is -1.99. The van der Waals surface area contributed by atoms with Crippen molar-refractivity contribution in [1.29, 1.82) is 0 Å². The largest absolute Gasteiger partial charge is 0.485 e. The van der Waals surface area contributed by atoms with Crippen LogP contribution >= 0.6 is 11.3 Å². The molecule has 37 heavy (non-hydrogen) atoms. The Kier molecular flexibility index (Phi) is 5.63. The zero-order chi connectivity index (χ0) is 25.8. The molecule has 0 spiro atoms. The van der Waals surface area contributed by atoms with Gasteiger partial charge >= 0.3 is 0 Å². The first-order chi connectivity index (χ1) is 17.8. The van der Waals surface area contributed by atoms with Crippen LogP contribution in [0, 0.1) is 13.8 Å². The smallest absolute Gasteiger partial charge is 0.280 e. The predicted octanol–water partition coefficient (Wildman–Crippen LogP) is 7.40. The summed E-state index contributed by atoms with van der Waals surface area (Å²) in [5.74, 6) is 2.73. The van der Waals surface area contributed by atoms with Gasteiger partial charge in [-0.3, -0.25) is 0 Å². The second-order valence-electron chi connectivity index (χ2n) is 9.32. The lowest BCUT2D eigenvalue weighted by atomic mass is 10.0. The first-order valence-electron chi connectivity index (χ1n) is 11.8. The van der Waals surface area contributed by atoms with Crippen molar-refractivity contribution < 1.29 is 17.9 Å². The number of hydrogen-bond acceptors (Lipinski definition) is 7. The molecule has 0 saturated heterocycles. The number of halogens is 2. The molecule has 0 bridgehead atoms. The highest BCUT2D eigenvalue weighted by Crippen LogP contribution is 2.37. The standard InChI is InChI=1S/C27H23F2N5O2S/c1-13(2)17-7-5-14(3)9-20(17)35-11-16-6-8-19(36-16)25-32-26-23-22(30-12-34(26)33-25)21-15(4)10-18(24(28)29)31-27(21)37-23/h5-10,12-13,24H,11H2,1-4H3. The topological polar surface area (TPSA) is 78.3 Å². The van der Waals surface area contributed by atoms with Gasteiger partial charge in [0.1, 0.15) is 39.7 Å². The number of fused-ring (bicyclic) bond motifs is 5. The first-order valence-corrected chi connectivity index (χ1v) is 12.7. The molecule has 0 aliphatic rings. The molecule has 0 amide bonds. The second kappa shape index (κ2) is 8.88. The summed E-state index contributed by atoms with van der Waals surface area (Å²) in [4.78, 5) is 13.9. The predicted molar refractivity (Wildman–Crippen MR) is 138 cm³/mol. The van der Waals surface area contributed by atoms with Gasteiger partial charge in [-0.25, -0.2) is 28.2 Å². The van der Waals surface area contributed by atoms with E-state index in [4.69, 9.17) is 9.15 Å². The van der Waals surface area contributed by atoms with Crippen LogP contribution in [0.3, 0.4) is 0 Å². The van der Waals surface area contributed by atoms with Gasteiger partial charge in [-0.15, -0.1) is 16.4 Å². The Hall–Kier alpha value is -3.92. The third-order valence-electron chi connectivity index (χ3n) is 6.25. The van der Waals surface area contributed by atoms with E-state index >= 15 is 0 Å². The van der Waals surface area contributed by atoms with Crippen LogP contribution in [0.25, 0.3) is 37.7 Å². The van der Waals surface area contributed by atoms with Crippen molar-refractivity contribution in [2.24, 2.45) is 0 Å². The quantitative estimate of drug-likeness (QED) is 0.228. The van der Waals surface area contributed by atoms with E-state index in [1.165, 1.54) is 17.4 Å². The Morgan fingerprint density at radius 2 is 1.92 bits per heavy atom. The van der Waals surface area contributed by atoms with Gasteiger partial charge in [-0.05, 0) is 60.7 Å². The van der Waals surface area contributed by atoms with Gasteiger partial charge in [0.2, 0.25) is 5.82 Å². The number of hydrogen-bond donors (Lipinski definition) is 0. The third kappa shape index (κ3) is 4.11. The number of alkyl halides is 2. The second-order valence-corrected chi connectivity index (χ2v) is 10.3. The van der Waals surface area contributed by atoms with Crippen LogP contribution in [0.4, 0.5) is 8.78 Å². The fourth-order valence-corrected chi connectivity index (χ4v) is 5.60. The van der Waals surface area contributed by atoms with Crippen LogP contribution in [0.2, 0.25) is 0 Å². The van der Waals surface area contributed by atoms with Gasteiger partial charge in [0, 0.05) is 5.39 Å². The molecule has 0 fully saturated rings. The fraction of sp³-hybridized carbons (Fsp3) is 0.259. The minimum absolute atomic E-state index is 0.244. The SMILES string of the molecule is Cc1ccc(C(C)C)c(OCc2ccc(-c3nc4c5sc6nc(C(F)F)cc(C)c6c5ncn4n3)o2)c1. The van der Waals surface area contributed by atoms with Crippen LogP contribution in [0.1, 0.15) is 54.3 Å². The highest BCUT2D eigenvalue weighted by Gasteiger charge is 2.20. The monoisotopic (exact) mass is 519 g/mol. The normalized spacial score (nSPS) is 12.1. The Balaban J connectivity index is 1.33. The minimum atomic E-state index is -2.64. The zero-order valence-corrected chi connectivity index (χ0v) is 21.4. The van der Waals surface area contributed by atoms with E-state index < -0.39 is 6.43 Å². The number of pyridine rings is 1. The number of nitrogens with zero attached hydrogens (tertiary/aromatic N) is 5. The highest BCUT2D eigenvalue weighted by molar-refractivity contribution is 7.26. The van der Waals surface area contributed by atoms with E-state index in [0.29, 0.717) is 44.8 Å². The van der Waals surface area contributed by atoms with Crippen LogP contribution in [-0.2, 0) is 6.61 Å². The highest BCUT2D eigenvalue weighted by atomic mass is 32.1. The summed E-state index contributed by atoms with van der Waals surface area (Å²) < 4.78 is 41.0. The summed E-state index contributed by atoms with van der Waals surface area (Å²) in [7, 11) is 0. The molecule has 5 aromatic heterocycles. The molecule has 6 rings (SSSR count). The summed E-state index contributed by atoms with van der Waals surface area (Å²) in [5, 5.41) is 5.28. The molecule has 7 nitrogen and oxygen atoms in total. The van der Waals surface area contributed by atoms with Crippen LogP contribution < -0.4 is 4.74 Å². The molecule has 6 aromatic rings. The van der Waals surface area contributed by atoms with Crippen LogP contribution in [0.15, 0.2) is 47.1 Å². The average molecular weight is 520 g/mol. The number of rotatable bonds is 6. The van der Waals surface area contributed by atoms with Gasteiger partial charge < -0.3 is 9.15 Å². The van der Waals surface area contributed by atoms with Crippen molar-refractivity contribution in [2.45, 2.75) is 46.6 Å². The third-order valence-corrected chi connectivity index (χ3v) is 7.32. The number of thiophene rings is 1. The van der Waals surface area contributed by atoms with E-state index in [0.717, 1.165) is 27.0 Å². The lowest BCUT2D eigenvalue weighted by molar-refractivity contribution is 0.146. The molecule has 0 radical (unpaired) electrons. The Labute approximate surface area is 214 Å². The van der Waals surface area contributed by atoms with Gasteiger partial charge in [0.15, 0.2) is 11.4 Å². The van der Waals surface area contributed by atoms with Crippen LogP contribution in [-0.4, -0.2) is 24.6 Å².